The van der Waals surface area contributed by atoms with Gasteiger partial charge in [0.2, 0.25) is 11.8 Å². The normalized spacial score (nSPS) is 13.8. The summed E-state index contributed by atoms with van der Waals surface area (Å²) in [5, 5.41) is 3.08. The molecule has 1 N–H and O–H groups in total. The molecule has 0 aliphatic heterocycles. The van der Waals surface area contributed by atoms with Crippen LogP contribution in [0.5, 0.6) is 23.0 Å². The molecule has 3 aromatic rings. The highest BCUT2D eigenvalue weighted by Gasteiger charge is 2.35. The number of carbonyl (C=O) groups excluding carboxylic acids is 2. The summed E-state index contributed by atoms with van der Waals surface area (Å²) in [6.45, 7) is 1.25. The van der Waals surface area contributed by atoms with Gasteiger partial charge in [0.25, 0.3) is 10.0 Å². The monoisotopic (exact) mass is 653 g/mol. The molecule has 248 valence electrons. The molecule has 0 aromatic heterocycles. The number of carbonyl (C=O) groups is 2. The van der Waals surface area contributed by atoms with Crippen LogP contribution < -0.4 is 28.6 Å². The van der Waals surface area contributed by atoms with Crippen LogP contribution in [-0.4, -0.2) is 78.7 Å². The Bertz CT molecular complexity index is 1590. The molecule has 4 rings (SSSR count). The largest absolute Gasteiger partial charge is 0.497 e. The van der Waals surface area contributed by atoms with E-state index in [0.29, 0.717) is 17.9 Å². The van der Waals surface area contributed by atoms with E-state index in [0.717, 1.165) is 35.6 Å². The first-order valence-electron chi connectivity index (χ1n) is 15.2. The van der Waals surface area contributed by atoms with E-state index in [2.05, 4.69) is 5.32 Å². The first-order chi connectivity index (χ1) is 22.1. The van der Waals surface area contributed by atoms with Crippen LogP contribution in [0, 0.1) is 0 Å². The average Bonchev–Trinajstić information content (AvgIpc) is 3.59. The van der Waals surface area contributed by atoms with Crippen molar-refractivity contribution in [3.63, 3.8) is 0 Å². The van der Waals surface area contributed by atoms with Crippen LogP contribution in [0.25, 0.3) is 0 Å². The number of amides is 2. The highest BCUT2D eigenvalue weighted by Crippen LogP contribution is 2.37. The molecule has 11 nitrogen and oxygen atoms in total. The minimum absolute atomic E-state index is 0.0593. The van der Waals surface area contributed by atoms with Crippen LogP contribution in [0.4, 0.5) is 5.69 Å². The number of anilines is 1. The van der Waals surface area contributed by atoms with E-state index in [1.807, 2.05) is 30.3 Å². The van der Waals surface area contributed by atoms with Gasteiger partial charge in [-0.1, -0.05) is 43.2 Å². The fourth-order valence-corrected chi connectivity index (χ4v) is 7.00. The molecule has 1 aliphatic rings. The van der Waals surface area contributed by atoms with Crippen molar-refractivity contribution in [2.45, 2.75) is 56.0 Å². The number of hydrogen-bond acceptors (Lipinski definition) is 8. The lowest BCUT2D eigenvalue weighted by Crippen LogP contribution is -2.53. The summed E-state index contributed by atoms with van der Waals surface area (Å²) in [6, 6.07) is 17.7. The van der Waals surface area contributed by atoms with Gasteiger partial charge in [0.05, 0.1) is 39.0 Å². The Labute approximate surface area is 271 Å². The van der Waals surface area contributed by atoms with Crippen LogP contribution >= 0.6 is 0 Å². The van der Waals surface area contributed by atoms with E-state index >= 15 is 0 Å². The van der Waals surface area contributed by atoms with Crippen LogP contribution in [0.15, 0.2) is 71.6 Å². The predicted molar refractivity (Wildman–Crippen MR) is 175 cm³/mol. The number of nitrogens with one attached hydrogen (secondary N) is 1. The van der Waals surface area contributed by atoms with Gasteiger partial charge in [0, 0.05) is 24.7 Å². The summed E-state index contributed by atoms with van der Waals surface area (Å²) < 4.78 is 51.5. The van der Waals surface area contributed by atoms with Gasteiger partial charge in [-0.15, -0.1) is 0 Å². The zero-order chi connectivity index (χ0) is 33.3. The molecular formula is C34H43N3O8S. The van der Waals surface area contributed by atoms with E-state index in [1.165, 1.54) is 57.6 Å². The molecule has 0 spiro atoms. The lowest BCUT2D eigenvalue weighted by atomic mass is 10.1. The van der Waals surface area contributed by atoms with E-state index in [4.69, 9.17) is 18.9 Å². The molecule has 2 amide bonds. The van der Waals surface area contributed by atoms with E-state index < -0.39 is 28.5 Å². The summed E-state index contributed by atoms with van der Waals surface area (Å²) in [7, 11) is 1.31. The summed E-state index contributed by atoms with van der Waals surface area (Å²) in [4.78, 5) is 29.1. The van der Waals surface area contributed by atoms with Gasteiger partial charge in [0.15, 0.2) is 11.5 Å². The van der Waals surface area contributed by atoms with Crippen LogP contribution in [-0.2, 0) is 26.0 Å². The summed E-state index contributed by atoms with van der Waals surface area (Å²) >= 11 is 0. The standard InChI is InChI=1S/C34H43N3O8S/c1-24(34(39)35-26-13-9-10-14-26)36(20-19-25-11-7-6-8-12-25)33(38)23-37(29-21-27(42-2)15-17-30(29)43-3)46(40,41)28-16-18-31(44-4)32(22-28)45-5/h6-8,11-12,15-18,21-22,24,26H,9-10,13-14,19-20,23H2,1-5H3,(H,35,39). The molecule has 0 radical (unpaired) electrons. The van der Waals surface area contributed by atoms with Crippen LogP contribution in [0.3, 0.4) is 0 Å². The highest BCUT2D eigenvalue weighted by molar-refractivity contribution is 7.92. The zero-order valence-electron chi connectivity index (χ0n) is 27.0. The van der Waals surface area contributed by atoms with Gasteiger partial charge in [-0.05, 0) is 56.0 Å². The molecule has 1 saturated carbocycles. The Kier molecular flexibility index (Phi) is 11.8. The molecule has 12 heteroatoms. The van der Waals surface area contributed by atoms with Crippen molar-refractivity contribution in [3.05, 3.63) is 72.3 Å². The van der Waals surface area contributed by atoms with Gasteiger partial charge < -0.3 is 29.2 Å². The second-order valence-corrected chi connectivity index (χ2v) is 12.9. The highest BCUT2D eigenvalue weighted by atomic mass is 32.2. The van der Waals surface area contributed by atoms with Crippen molar-refractivity contribution in [3.8, 4) is 23.0 Å². The quantitative estimate of drug-likeness (QED) is 0.256. The summed E-state index contributed by atoms with van der Waals surface area (Å²) in [5.41, 5.74) is 1.07. The van der Waals surface area contributed by atoms with E-state index in [-0.39, 0.29) is 40.6 Å². The first kappa shape index (κ1) is 34.4. The van der Waals surface area contributed by atoms with Crippen molar-refractivity contribution in [1.82, 2.24) is 10.2 Å². The SMILES string of the molecule is COc1ccc(OC)c(N(CC(=O)N(CCc2ccccc2)C(C)C(=O)NC2CCCC2)S(=O)(=O)c2ccc(OC)c(OC)c2)c1. The molecule has 1 unspecified atom stereocenters. The smallest absolute Gasteiger partial charge is 0.265 e. The third kappa shape index (κ3) is 8.03. The molecule has 0 saturated heterocycles. The zero-order valence-corrected chi connectivity index (χ0v) is 27.8. The molecule has 1 fully saturated rings. The fourth-order valence-electron chi connectivity index (χ4n) is 5.57. The van der Waals surface area contributed by atoms with Crippen molar-refractivity contribution in [1.29, 1.82) is 0 Å². The Morgan fingerprint density at radius 3 is 2.13 bits per heavy atom. The number of ether oxygens (including phenoxy) is 4. The van der Waals surface area contributed by atoms with Crippen molar-refractivity contribution in [2.75, 3.05) is 45.8 Å². The second kappa shape index (κ2) is 15.7. The van der Waals surface area contributed by atoms with Gasteiger partial charge in [-0.2, -0.15) is 0 Å². The van der Waals surface area contributed by atoms with Gasteiger partial charge in [-0.3, -0.25) is 13.9 Å². The number of benzene rings is 3. The van der Waals surface area contributed by atoms with E-state index in [9.17, 15) is 18.0 Å². The van der Waals surface area contributed by atoms with Crippen molar-refractivity contribution < 1.29 is 37.0 Å². The molecule has 1 aliphatic carbocycles. The number of nitrogens with zero attached hydrogens (tertiary/aromatic N) is 2. The van der Waals surface area contributed by atoms with Gasteiger partial charge in [0.1, 0.15) is 24.1 Å². The summed E-state index contributed by atoms with van der Waals surface area (Å²) in [6.07, 6.45) is 4.34. The third-order valence-electron chi connectivity index (χ3n) is 8.23. The number of methoxy groups -OCH3 is 4. The molecule has 0 heterocycles. The Morgan fingerprint density at radius 1 is 0.848 bits per heavy atom. The van der Waals surface area contributed by atoms with Gasteiger partial charge >= 0.3 is 0 Å². The second-order valence-electron chi connectivity index (χ2n) is 11.1. The minimum Gasteiger partial charge on any atom is -0.497 e. The van der Waals surface area contributed by atoms with Crippen molar-refractivity contribution >= 4 is 27.5 Å². The molecule has 0 bridgehead atoms. The Balaban J connectivity index is 1.75. The third-order valence-corrected chi connectivity index (χ3v) is 9.99. The van der Waals surface area contributed by atoms with E-state index in [1.54, 1.807) is 19.1 Å². The minimum atomic E-state index is -4.42. The number of sulfonamides is 1. The maximum absolute atomic E-state index is 14.4. The Hall–Kier alpha value is -4.45. The topological polar surface area (TPSA) is 124 Å². The molecule has 1 atom stereocenters. The lowest BCUT2D eigenvalue weighted by molar-refractivity contribution is -0.139. The molecular weight excluding hydrogens is 610 g/mol. The lowest BCUT2D eigenvalue weighted by Gasteiger charge is -2.33. The average molecular weight is 654 g/mol. The van der Waals surface area contributed by atoms with Gasteiger partial charge in [-0.25, -0.2) is 8.42 Å². The Morgan fingerprint density at radius 2 is 1.50 bits per heavy atom. The van der Waals surface area contributed by atoms with Crippen molar-refractivity contribution in [2.24, 2.45) is 0 Å². The number of hydrogen-bond donors (Lipinski definition) is 1. The fraction of sp³-hybridized carbons (Fsp3) is 0.412. The predicted octanol–water partition coefficient (Wildman–Crippen LogP) is 4.43. The van der Waals surface area contributed by atoms with Crippen LogP contribution in [0.1, 0.15) is 38.2 Å². The maximum Gasteiger partial charge on any atom is 0.265 e. The maximum atomic E-state index is 14.4. The first-order valence-corrected chi connectivity index (χ1v) is 16.7. The molecule has 3 aromatic carbocycles. The van der Waals surface area contributed by atoms with Crippen LogP contribution in [0.2, 0.25) is 0 Å². The summed E-state index contributed by atoms with van der Waals surface area (Å²) in [5.74, 6) is 0.286. The number of rotatable bonds is 15. The molecule has 46 heavy (non-hydrogen) atoms.